The number of anilines is 2. The maximum atomic E-state index is 13.5. The number of halogens is 1. The second-order valence-electron chi connectivity index (χ2n) is 7.95. The first kappa shape index (κ1) is 24.9. The molecule has 1 fully saturated rings. The number of pyridine rings is 1. The van der Waals surface area contributed by atoms with Gasteiger partial charge in [0, 0.05) is 11.9 Å². The van der Waals surface area contributed by atoms with Crippen LogP contribution < -0.4 is 10.2 Å². The number of benzene rings is 2. The van der Waals surface area contributed by atoms with Crippen molar-refractivity contribution in [3.63, 3.8) is 0 Å². The fraction of sp³-hybridized carbons (Fsp3) is 0.192. The number of ether oxygens (including phenoxy) is 1. The highest BCUT2D eigenvalue weighted by molar-refractivity contribution is 7.80. The fourth-order valence-electron chi connectivity index (χ4n) is 3.80. The van der Waals surface area contributed by atoms with Crippen LogP contribution in [0.1, 0.15) is 29.4 Å². The Morgan fingerprint density at radius 2 is 1.81 bits per heavy atom. The van der Waals surface area contributed by atoms with Gasteiger partial charge in [0.15, 0.2) is 5.11 Å². The Bertz CT molecular complexity index is 1270. The lowest BCUT2D eigenvalue weighted by Crippen LogP contribution is -2.37. The van der Waals surface area contributed by atoms with Crippen LogP contribution in [0, 0.1) is 5.82 Å². The van der Waals surface area contributed by atoms with Crippen LogP contribution in [0.5, 0.6) is 0 Å². The standard InChI is InChI=1S/C26H23FN4O4S/c1-2-35-25(34)17-6-10-19(11-7-17)29-23(32)15-22-24(33)31(21-12-8-18(27)9-13-21)26(36)30(22)16-20-5-3-4-14-28-20/h3-14,22H,2,15-16H2,1H3,(H,29,32). The van der Waals surface area contributed by atoms with Crippen LogP contribution in [-0.4, -0.2) is 45.4 Å². The molecule has 1 unspecified atom stereocenters. The molecular weight excluding hydrogens is 483 g/mol. The van der Waals surface area contributed by atoms with E-state index < -0.39 is 29.6 Å². The first-order valence-electron chi connectivity index (χ1n) is 11.2. The molecule has 1 saturated heterocycles. The van der Waals surface area contributed by atoms with Gasteiger partial charge in [0.25, 0.3) is 5.91 Å². The number of amides is 2. The van der Waals surface area contributed by atoms with Crippen LogP contribution in [-0.2, 0) is 20.9 Å². The predicted molar refractivity (Wildman–Crippen MR) is 136 cm³/mol. The van der Waals surface area contributed by atoms with Crippen molar-refractivity contribution in [2.75, 3.05) is 16.8 Å². The summed E-state index contributed by atoms with van der Waals surface area (Å²) in [4.78, 5) is 45.4. The third kappa shape index (κ3) is 5.55. The van der Waals surface area contributed by atoms with Crippen molar-refractivity contribution in [1.29, 1.82) is 0 Å². The highest BCUT2D eigenvalue weighted by Gasteiger charge is 2.44. The number of hydrogen-bond acceptors (Lipinski definition) is 6. The van der Waals surface area contributed by atoms with Gasteiger partial charge < -0.3 is 15.0 Å². The smallest absolute Gasteiger partial charge is 0.338 e. The lowest BCUT2D eigenvalue weighted by Gasteiger charge is -2.23. The van der Waals surface area contributed by atoms with E-state index in [0.717, 1.165) is 0 Å². The van der Waals surface area contributed by atoms with Gasteiger partial charge >= 0.3 is 5.97 Å². The molecule has 36 heavy (non-hydrogen) atoms. The van der Waals surface area contributed by atoms with Crippen molar-refractivity contribution in [2.24, 2.45) is 0 Å². The summed E-state index contributed by atoms with van der Waals surface area (Å²) < 4.78 is 18.4. The van der Waals surface area contributed by atoms with E-state index in [2.05, 4.69) is 10.3 Å². The number of carbonyl (C=O) groups is 3. The maximum absolute atomic E-state index is 13.5. The summed E-state index contributed by atoms with van der Waals surface area (Å²) in [5.74, 6) is -1.69. The Labute approximate surface area is 212 Å². The molecule has 10 heteroatoms. The Hall–Kier alpha value is -4.18. The van der Waals surface area contributed by atoms with E-state index in [1.54, 1.807) is 54.4 Å². The maximum Gasteiger partial charge on any atom is 0.338 e. The first-order valence-corrected chi connectivity index (χ1v) is 11.6. The van der Waals surface area contributed by atoms with E-state index in [9.17, 15) is 18.8 Å². The highest BCUT2D eigenvalue weighted by atomic mass is 32.1. The third-order valence-corrected chi connectivity index (χ3v) is 5.94. The molecule has 3 aromatic rings. The lowest BCUT2D eigenvalue weighted by atomic mass is 10.1. The Kier molecular flexibility index (Phi) is 7.65. The van der Waals surface area contributed by atoms with Gasteiger partial charge in [0.1, 0.15) is 11.9 Å². The number of carbonyl (C=O) groups excluding carboxylic acids is 3. The minimum Gasteiger partial charge on any atom is -0.462 e. The average Bonchev–Trinajstić information content (AvgIpc) is 3.09. The summed E-state index contributed by atoms with van der Waals surface area (Å²) in [7, 11) is 0. The van der Waals surface area contributed by atoms with Gasteiger partial charge in [-0.3, -0.25) is 19.5 Å². The average molecular weight is 507 g/mol. The van der Waals surface area contributed by atoms with Gasteiger partial charge in [-0.25, -0.2) is 9.18 Å². The number of aromatic nitrogens is 1. The number of hydrogen-bond donors (Lipinski definition) is 1. The number of thiocarbonyl (C=S) groups is 1. The van der Waals surface area contributed by atoms with E-state index in [0.29, 0.717) is 22.6 Å². The minimum absolute atomic E-state index is 0.177. The van der Waals surface area contributed by atoms with Crippen molar-refractivity contribution < 1.29 is 23.5 Å². The zero-order valence-corrected chi connectivity index (χ0v) is 20.2. The molecule has 2 aromatic carbocycles. The molecule has 1 atom stereocenters. The summed E-state index contributed by atoms with van der Waals surface area (Å²) in [6.45, 7) is 2.20. The molecule has 0 saturated carbocycles. The topological polar surface area (TPSA) is 91.8 Å². The highest BCUT2D eigenvalue weighted by Crippen LogP contribution is 2.29. The van der Waals surface area contributed by atoms with Crippen LogP contribution in [0.4, 0.5) is 15.8 Å². The Morgan fingerprint density at radius 1 is 1.08 bits per heavy atom. The molecule has 2 amide bonds. The Morgan fingerprint density at radius 3 is 2.44 bits per heavy atom. The van der Waals surface area contributed by atoms with Gasteiger partial charge in [-0.05, 0) is 79.8 Å². The van der Waals surface area contributed by atoms with Crippen molar-refractivity contribution in [2.45, 2.75) is 25.9 Å². The summed E-state index contributed by atoms with van der Waals surface area (Å²) in [5.41, 5.74) is 1.92. The molecule has 1 aromatic heterocycles. The predicted octanol–water partition coefficient (Wildman–Crippen LogP) is 3.93. The molecule has 0 bridgehead atoms. The molecule has 0 aliphatic carbocycles. The SMILES string of the molecule is CCOC(=O)c1ccc(NC(=O)CC2C(=O)N(c3ccc(F)cc3)C(=S)N2Cc2ccccn2)cc1. The molecular formula is C26H23FN4O4S. The van der Waals surface area contributed by atoms with Gasteiger partial charge in [-0.2, -0.15) is 0 Å². The summed E-state index contributed by atoms with van der Waals surface area (Å²) >= 11 is 5.61. The van der Waals surface area contributed by atoms with Crippen molar-refractivity contribution in [3.05, 3.63) is 90.0 Å². The molecule has 1 aliphatic rings. The van der Waals surface area contributed by atoms with Crippen molar-refractivity contribution in [1.82, 2.24) is 9.88 Å². The van der Waals surface area contributed by atoms with Crippen LogP contribution in [0.15, 0.2) is 72.9 Å². The zero-order chi connectivity index (χ0) is 25.7. The molecule has 0 spiro atoms. The number of nitrogens with zero attached hydrogens (tertiary/aromatic N) is 3. The van der Waals surface area contributed by atoms with E-state index in [4.69, 9.17) is 17.0 Å². The normalized spacial score (nSPS) is 15.2. The quantitative estimate of drug-likeness (QED) is 0.366. The van der Waals surface area contributed by atoms with Gasteiger partial charge in [-0.1, -0.05) is 6.07 Å². The van der Waals surface area contributed by atoms with E-state index in [-0.39, 0.29) is 24.7 Å². The number of esters is 1. The lowest BCUT2D eigenvalue weighted by molar-refractivity contribution is -0.124. The second-order valence-corrected chi connectivity index (χ2v) is 8.31. The van der Waals surface area contributed by atoms with Gasteiger partial charge in [-0.15, -0.1) is 0 Å². The van der Waals surface area contributed by atoms with Crippen molar-refractivity contribution in [3.8, 4) is 0 Å². The molecule has 184 valence electrons. The zero-order valence-electron chi connectivity index (χ0n) is 19.4. The van der Waals surface area contributed by atoms with E-state index in [1.165, 1.54) is 29.2 Å². The summed E-state index contributed by atoms with van der Waals surface area (Å²) in [6, 6.07) is 16.2. The number of nitrogens with one attached hydrogen (secondary N) is 1. The van der Waals surface area contributed by atoms with E-state index in [1.807, 2.05) is 6.07 Å². The van der Waals surface area contributed by atoms with Crippen LogP contribution in [0.25, 0.3) is 0 Å². The van der Waals surface area contributed by atoms with E-state index >= 15 is 0 Å². The summed E-state index contributed by atoms with van der Waals surface area (Å²) in [5, 5.41) is 2.95. The molecule has 0 radical (unpaired) electrons. The Balaban J connectivity index is 1.53. The van der Waals surface area contributed by atoms with Crippen molar-refractivity contribution >= 4 is 46.5 Å². The molecule has 8 nitrogen and oxygen atoms in total. The first-order chi connectivity index (χ1) is 17.4. The fourth-order valence-corrected chi connectivity index (χ4v) is 4.19. The second kappa shape index (κ2) is 11.0. The van der Waals surface area contributed by atoms with Crippen LogP contribution in [0.2, 0.25) is 0 Å². The number of rotatable bonds is 8. The minimum atomic E-state index is -0.886. The third-order valence-electron chi connectivity index (χ3n) is 5.52. The van der Waals surface area contributed by atoms with Gasteiger partial charge in [0.2, 0.25) is 5.91 Å². The monoisotopic (exact) mass is 506 g/mol. The van der Waals surface area contributed by atoms with Gasteiger partial charge in [0.05, 0.1) is 36.5 Å². The molecule has 1 N–H and O–H groups in total. The molecule has 1 aliphatic heterocycles. The largest absolute Gasteiger partial charge is 0.462 e. The molecule has 2 heterocycles. The van der Waals surface area contributed by atoms with Crippen LogP contribution >= 0.6 is 12.2 Å². The molecule has 4 rings (SSSR count). The summed E-state index contributed by atoms with van der Waals surface area (Å²) in [6.07, 6.45) is 1.46. The van der Waals surface area contributed by atoms with Crippen LogP contribution in [0.3, 0.4) is 0 Å².